The molecule has 0 saturated heterocycles. The molecule has 106 valence electrons. The van der Waals surface area contributed by atoms with Gasteiger partial charge in [0, 0.05) is 18.5 Å². The molecule has 0 saturated carbocycles. The molecule has 1 aromatic carbocycles. The number of rotatable bonds is 7. The van der Waals surface area contributed by atoms with Crippen LogP contribution in [0.4, 0.5) is 0 Å². The number of carbonyl (C=O) groups excluding carboxylic acids is 1. The van der Waals surface area contributed by atoms with Gasteiger partial charge in [0.25, 0.3) is 0 Å². The maximum atomic E-state index is 11.8. The molecule has 0 bridgehead atoms. The number of aryl methyl sites for hydroxylation is 1. The maximum absolute atomic E-state index is 11.8. The molecule has 4 heteroatoms. The fourth-order valence-corrected chi connectivity index (χ4v) is 1.96. The largest absolute Gasteiger partial charge is 0.496 e. The predicted octanol–water partition coefficient (Wildman–Crippen LogP) is 2.18. The number of nitrogens with one attached hydrogen (secondary N) is 2. The van der Waals surface area contributed by atoms with E-state index < -0.39 is 0 Å². The van der Waals surface area contributed by atoms with Crippen molar-refractivity contribution in [1.29, 1.82) is 0 Å². The third-order valence-corrected chi connectivity index (χ3v) is 3.01. The van der Waals surface area contributed by atoms with Crippen molar-refractivity contribution in [3.05, 3.63) is 29.3 Å². The van der Waals surface area contributed by atoms with Crippen molar-refractivity contribution in [3.63, 3.8) is 0 Å². The third kappa shape index (κ3) is 4.91. The molecular formula is C15H24N2O2. The van der Waals surface area contributed by atoms with Crippen LogP contribution in [0.15, 0.2) is 18.2 Å². The minimum Gasteiger partial charge on any atom is -0.496 e. The highest BCUT2D eigenvalue weighted by molar-refractivity contribution is 5.76. The Morgan fingerprint density at radius 3 is 2.79 bits per heavy atom. The van der Waals surface area contributed by atoms with Crippen molar-refractivity contribution in [1.82, 2.24) is 10.6 Å². The van der Waals surface area contributed by atoms with Gasteiger partial charge in [-0.25, -0.2) is 0 Å². The molecule has 1 unspecified atom stereocenters. The van der Waals surface area contributed by atoms with Crippen LogP contribution >= 0.6 is 0 Å². The SMILES string of the molecule is CCNCCC(=O)NC(C)c1cc(C)ccc1OC. The molecule has 1 aromatic rings. The van der Waals surface area contributed by atoms with E-state index in [1.165, 1.54) is 0 Å². The van der Waals surface area contributed by atoms with Gasteiger partial charge in [-0.3, -0.25) is 4.79 Å². The Balaban J connectivity index is 2.64. The molecule has 0 aliphatic rings. The first kappa shape index (κ1) is 15.5. The zero-order valence-corrected chi connectivity index (χ0v) is 12.2. The van der Waals surface area contributed by atoms with Crippen LogP contribution in [0.2, 0.25) is 0 Å². The van der Waals surface area contributed by atoms with Gasteiger partial charge in [0.15, 0.2) is 0 Å². The lowest BCUT2D eigenvalue weighted by molar-refractivity contribution is -0.121. The fourth-order valence-electron chi connectivity index (χ4n) is 1.96. The molecule has 1 atom stereocenters. The van der Waals surface area contributed by atoms with Crippen LogP contribution in [-0.2, 0) is 4.79 Å². The van der Waals surface area contributed by atoms with Crippen molar-refractivity contribution in [2.75, 3.05) is 20.2 Å². The van der Waals surface area contributed by atoms with Gasteiger partial charge in [0.05, 0.1) is 13.2 Å². The molecule has 0 fully saturated rings. The summed E-state index contributed by atoms with van der Waals surface area (Å²) in [5.74, 6) is 0.863. The Labute approximate surface area is 115 Å². The van der Waals surface area contributed by atoms with Gasteiger partial charge in [-0.15, -0.1) is 0 Å². The average molecular weight is 264 g/mol. The zero-order chi connectivity index (χ0) is 14.3. The molecule has 0 aliphatic carbocycles. The first-order valence-electron chi connectivity index (χ1n) is 6.73. The lowest BCUT2D eigenvalue weighted by atomic mass is 10.0. The van der Waals surface area contributed by atoms with Crippen LogP contribution in [0.5, 0.6) is 5.75 Å². The van der Waals surface area contributed by atoms with Crippen LogP contribution in [0.25, 0.3) is 0 Å². The number of amides is 1. The summed E-state index contributed by atoms with van der Waals surface area (Å²) in [5.41, 5.74) is 2.17. The molecular weight excluding hydrogens is 240 g/mol. The van der Waals surface area contributed by atoms with E-state index in [0.717, 1.165) is 23.4 Å². The summed E-state index contributed by atoms with van der Waals surface area (Å²) < 4.78 is 5.34. The summed E-state index contributed by atoms with van der Waals surface area (Å²) in [6.07, 6.45) is 0.492. The fraction of sp³-hybridized carbons (Fsp3) is 0.533. The van der Waals surface area contributed by atoms with Crippen LogP contribution in [0, 0.1) is 6.92 Å². The summed E-state index contributed by atoms with van der Waals surface area (Å²) in [5, 5.41) is 6.14. The number of methoxy groups -OCH3 is 1. The van der Waals surface area contributed by atoms with Crippen LogP contribution in [0.1, 0.15) is 37.4 Å². The number of hydrogen-bond acceptors (Lipinski definition) is 3. The molecule has 0 aliphatic heterocycles. The minimum absolute atomic E-state index is 0.0519. The van der Waals surface area contributed by atoms with Crippen LogP contribution in [-0.4, -0.2) is 26.1 Å². The quantitative estimate of drug-likeness (QED) is 0.742. The van der Waals surface area contributed by atoms with E-state index in [4.69, 9.17) is 4.74 Å². The summed E-state index contributed by atoms with van der Waals surface area (Å²) in [6.45, 7) is 7.62. The molecule has 4 nitrogen and oxygen atoms in total. The zero-order valence-electron chi connectivity index (χ0n) is 12.2. The van der Waals surface area contributed by atoms with E-state index in [2.05, 4.69) is 10.6 Å². The Kier molecular flexibility index (Phi) is 6.36. The van der Waals surface area contributed by atoms with E-state index in [-0.39, 0.29) is 11.9 Å². The van der Waals surface area contributed by atoms with Crippen LogP contribution in [0.3, 0.4) is 0 Å². The second-order valence-electron chi connectivity index (χ2n) is 4.64. The highest BCUT2D eigenvalue weighted by atomic mass is 16.5. The van der Waals surface area contributed by atoms with Gasteiger partial charge in [-0.2, -0.15) is 0 Å². The second kappa shape index (κ2) is 7.79. The van der Waals surface area contributed by atoms with Gasteiger partial charge in [-0.1, -0.05) is 24.6 Å². The molecule has 19 heavy (non-hydrogen) atoms. The van der Waals surface area contributed by atoms with Crippen molar-refractivity contribution in [2.45, 2.75) is 33.2 Å². The molecule has 1 rings (SSSR count). The lowest BCUT2D eigenvalue weighted by Crippen LogP contribution is -2.30. The van der Waals surface area contributed by atoms with E-state index >= 15 is 0 Å². The normalized spacial score (nSPS) is 12.0. The van der Waals surface area contributed by atoms with Gasteiger partial charge in [0.1, 0.15) is 5.75 Å². The first-order chi connectivity index (χ1) is 9.08. The van der Waals surface area contributed by atoms with Gasteiger partial charge < -0.3 is 15.4 Å². The van der Waals surface area contributed by atoms with Crippen LogP contribution < -0.4 is 15.4 Å². The Hall–Kier alpha value is -1.55. The Morgan fingerprint density at radius 2 is 2.16 bits per heavy atom. The minimum atomic E-state index is -0.0519. The first-order valence-corrected chi connectivity index (χ1v) is 6.73. The molecule has 0 aromatic heterocycles. The molecule has 0 radical (unpaired) electrons. The number of carbonyl (C=O) groups is 1. The van der Waals surface area contributed by atoms with Crippen molar-refractivity contribution >= 4 is 5.91 Å². The molecule has 2 N–H and O–H groups in total. The van der Waals surface area contributed by atoms with E-state index in [1.54, 1.807) is 7.11 Å². The monoisotopic (exact) mass is 264 g/mol. The van der Waals surface area contributed by atoms with Crippen molar-refractivity contribution in [2.24, 2.45) is 0 Å². The molecule has 0 spiro atoms. The average Bonchev–Trinajstić information content (AvgIpc) is 2.39. The standard InChI is InChI=1S/C15H24N2O2/c1-5-16-9-8-15(18)17-12(3)13-10-11(2)6-7-14(13)19-4/h6-7,10,12,16H,5,8-9H2,1-4H3,(H,17,18). The van der Waals surface area contributed by atoms with E-state index in [9.17, 15) is 4.79 Å². The summed E-state index contributed by atoms with van der Waals surface area (Å²) in [4.78, 5) is 11.8. The van der Waals surface area contributed by atoms with E-state index in [1.807, 2.05) is 39.0 Å². The summed E-state index contributed by atoms with van der Waals surface area (Å²) in [6, 6.07) is 5.94. The Morgan fingerprint density at radius 1 is 1.42 bits per heavy atom. The van der Waals surface area contributed by atoms with Gasteiger partial charge in [0.2, 0.25) is 5.91 Å². The maximum Gasteiger partial charge on any atom is 0.221 e. The topological polar surface area (TPSA) is 50.4 Å². The van der Waals surface area contributed by atoms with Gasteiger partial charge >= 0.3 is 0 Å². The van der Waals surface area contributed by atoms with Gasteiger partial charge in [-0.05, 0) is 26.5 Å². The molecule has 1 amide bonds. The van der Waals surface area contributed by atoms with E-state index in [0.29, 0.717) is 13.0 Å². The molecule has 0 heterocycles. The third-order valence-electron chi connectivity index (χ3n) is 3.01. The second-order valence-corrected chi connectivity index (χ2v) is 4.64. The smallest absolute Gasteiger partial charge is 0.221 e. The number of hydrogen-bond donors (Lipinski definition) is 2. The number of ether oxygens (including phenoxy) is 1. The highest BCUT2D eigenvalue weighted by Crippen LogP contribution is 2.25. The summed E-state index contributed by atoms with van der Waals surface area (Å²) in [7, 11) is 1.65. The predicted molar refractivity (Wildman–Crippen MR) is 77.4 cm³/mol. The highest BCUT2D eigenvalue weighted by Gasteiger charge is 2.13. The summed E-state index contributed by atoms with van der Waals surface area (Å²) >= 11 is 0. The Bertz CT molecular complexity index is 419. The van der Waals surface area contributed by atoms with Crippen molar-refractivity contribution in [3.8, 4) is 5.75 Å². The van der Waals surface area contributed by atoms with Crippen molar-refractivity contribution < 1.29 is 9.53 Å². The lowest BCUT2D eigenvalue weighted by Gasteiger charge is -2.18. The number of benzene rings is 1.